The minimum absolute atomic E-state index is 0.0826. The molecule has 1 aromatic carbocycles. The molecule has 13 heteroatoms. The lowest BCUT2D eigenvalue weighted by Crippen LogP contribution is -2.33. The van der Waals surface area contributed by atoms with Gasteiger partial charge in [-0.15, -0.1) is 0 Å². The smallest absolute Gasteiger partial charge is 0.350 e. The molecule has 37 heavy (non-hydrogen) atoms. The molecule has 0 spiro atoms. The third-order valence-electron chi connectivity index (χ3n) is 6.66. The first-order valence-electron chi connectivity index (χ1n) is 11.9. The number of hydrogen-bond donors (Lipinski definition) is 5. The summed E-state index contributed by atoms with van der Waals surface area (Å²) in [4.78, 5) is 26.6. The van der Waals surface area contributed by atoms with Crippen molar-refractivity contribution in [2.24, 2.45) is 0 Å². The van der Waals surface area contributed by atoms with Gasteiger partial charge in [0, 0.05) is 12.2 Å². The molecule has 3 heterocycles. The van der Waals surface area contributed by atoms with E-state index >= 15 is 0 Å². The lowest BCUT2D eigenvalue weighted by atomic mass is 10.0. The van der Waals surface area contributed by atoms with E-state index in [1.165, 1.54) is 23.0 Å². The van der Waals surface area contributed by atoms with E-state index in [-0.39, 0.29) is 18.5 Å². The minimum Gasteiger partial charge on any atom is -0.387 e. The molecule has 0 bridgehead atoms. The lowest BCUT2D eigenvalue weighted by molar-refractivity contribution is -0.0610. The molecule has 1 aliphatic heterocycles. The molecule has 0 amide bonds. The minimum atomic E-state index is -4.39. The van der Waals surface area contributed by atoms with Crippen LogP contribution in [0, 0.1) is 11.3 Å². The van der Waals surface area contributed by atoms with Crippen molar-refractivity contribution in [2.75, 3.05) is 18.3 Å². The van der Waals surface area contributed by atoms with Gasteiger partial charge in [0.05, 0.1) is 12.0 Å². The number of anilines is 1. The predicted octanol–water partition coefficient (Wildman–Crippen LogP) is 2.12. The highest BCUT2D eigenvalue weighted by Crippen LogP contribution is 2.40. The van der Waals surface area contributed by atoms with Crippen LogP contribution in [0.15, 0.2) is 36.5 Å². The monoisotopic (exact) mass is 529 g/mol. The largest absolute Gasteiger partial charge is 0.387 e. The zero-order valence-electron chi connectivity index (χ0n) is 20.0. The van der Waals surface area contributed by atoms with Crippen LogP contribution >= 0.6 is 7.60 Å². The molecule has 196 valence electrons. The van der Waals surface area contributed by atoms with Gasteiger partial charge in [0.1, 0.15) is 42.2 Å². The van der Waals surface area contributed by atoms with Crippen molar-refractivity contribution >= 4 is 24.4 Å². The molecular formula is C24H28N5O7P. The second-order valence-corrected chi connectivity index (χ2v) is 11.1. The first kappa shape index (κ1) is 25.8. The van der Waals surface area contributed by atoms with Gasteiger partial charge in [-0.25, -0.2) is 9.97 Å². The van der Waals surface area contributed by atoms with Crippen molar-refractivity contribution < 1.29 is 34.0 Å². The Morgan fingerprint density at radius 1 is 1.22 bits per heavy atom. The molecule has 3 aromatic rings. The van der Waals surface area contributed by atoms with Crippen LogP contribution in [0.2, 0.25) is 0 Å². The normalized spacial score (nSPS) is 24.8. The van der Waals surface area contributed by atoms with Gasteiger partial charge in [-0.2, -0.15) is 5.26 Å². The third kappa shape index (κ3) is 5.54. The van der Waals surface area contributed by atoms with Gasteiger partial charge in [0.2, 0.25) is 5.82 Å². The van der Waals surface area contributed by atoms with Crippen LogP contribution in [0.25, 0.3) is 11.0 Å². The number of aliphatic hydroxyl groups is 2. The Morgan fingerprint density at radius 3 is 2.59 bits per heavy atom. The number of benzene rings is 1. The Kier molecular flexibility index (Phi) is 7.04. The lowest BCUT2D eigenvalue weighted by Gasteiger charge is -2.19. The quantitative estimate of drug-likeness (QED) is 0.256. The summed E-state index contributed by atoms with van der Waals surface area (Å²) in [5.74, 6) is 1.02. The van der Waals surface area contributed by atoms with Crippen molar-refractivity contribution in [2.45, 2.75) is 56.3 Å². The highest BCUT2D eigenvalue weighted by Gasteiger charge is 2.44. The fraction of sp³-hybridized carbons (Fsp3) is 0.458. The van der Waals surface area contributed by atoms with E-state index in [9.17, 15) is 20.0 Å². The van der Waals surface area contributed by atoms with Gasteiger partial charge in [0.25, 0.3) is 0 Å². The topological polar surface area (TPSA) is 183 Å². The van der Waals surface area contributed by atoms with Gasteiger partial charge in [-0.05, 0) is 42.9 Å². The average molecular weight is 529 g/mol. The maximum Gasteiger partial charge on any atom is 0.350 e. The number of rotatable bonds is 9. The van der Waals surface area contributed by atoms with Crippen molar-refractivity contribution in [3.8, 4) is 6.07 Å². The van der Waals surface area contributed by atoms with Crippen molar-refractivity contribution in [3.05, 3.63) is 53.5 Å². The highest BCUT2D eigenvalue weighted by atomic mass is 31.2. The number of nitrogens with one attached hydrogen (secondary N) is 1. The number of ether oxygens (including phenoxy) is 2. The predicted molar refractivity (Wildman–Crippen MR) is 131 cm³/mol. The molecule has 5 atom stereocenters. The van der Waals surface area contributed by atoms with Gasteiger partial charge in [-0.1, -0.05) is 24.3 Å². The Bertz CT molecular complexity index is 1360. The van der Waals surface area contributed by atoms with Crippen LogP contribution in [-0.2, 0) is 14.0 Å². The number of hydrogen-bond acceptors (Lipinski definition) is 9. The highest BCUT2D eigenvalue weighted by molar-refractivity contribution is 7.51. The zero-order chi connectivity index (χ0) is 26.3. The van der Waals surface area contributed by atoms with Crippen LogP contribution in [0.5, 0.6) is 0 Å². The summed E-state index contributed by atoms with van der Waals surface area (Å²) in [6.45, 7) is 1.66. The number of nitrogens with zero attached hydrogens (tertiary/aromatic N) is 4. The molecule has 5 N–H and O–H groups in total. The van der Waals surface area contributed by atoms with Crippen molar-refractivity contribution in [1.29, 1.82) is 5.26 Å². The van der Waals surface area contributed by atoms with Gasteiger partial charge >= 0.3 is 7.60 Å². The fourth-order valence-corrected chi connectivity index (χ4v) is 4.89. The zero-order valence-corrected chi connectivity index (χ0v) is 20.9. The molecule has 0 radical (unpaired) electrons. The summed E-state index contributed by atoms with van der Waals surface area (Å²) < 4.78 is 23.3. The van der Waals surface area contributed by atoms with Gasteiger partial charge < -0.3 is 39.4 Å². The van der Waals surface area contributed by atoms with Crippen LogP contribution in [0.1, 0.15) is 54.9 Å². The maximum atomic E-state index is 11.0. The molecular weight excluding hydrogens is 501 g/mol. The number of aliphatic hydroxyl groups excluding tert-OH is 2. The standard InChI is InChI=1S/C24H28N5O7P/c1-13(14-2-4-15(5-3-14)16-6-7-16)26-22-17-8-9-29(23(17)28-19(10-25)27-22)24-21(31)20(30)18(36-24)11-35-12-37(32,33)34/h2-5,8-9,13,16,18,20-21,24,30-31H,6-7,11-12H2,1H3,(H,26,27,28)(H2,32,33,34)/t13-,18-,20-,21-,24-/m1/s1. The van der Waals surface area contributed by atoms with Crippen LogP contribution in [0.4, 0.5) is 5.82 Å². The van der Waals surface area contributed by atoms with E-state index in [0.717, 1.165) is 5.56 Å². The van der Waals surface area contributed by atoms with Gasteiger partial charge in [-0.3, -0.25) is 4.57 Å². The number of aromatic nitrogens is 3. The van der Waals surface area contributed by atoms with E-state index in [1.807, 2.05) is 13.0 Å². The molecule has 2 fully saturated rings. The molecule has 5 rings (SSSR count). The van der Waals surface area contributed by atoms with E-state index in [0.29, 0.717) is 22.8 Å². The third-order valence-corrected chi connectivity index (χ3v) is 7.18. The molecule has 0 unspecified atom stereocenters. The van der Waals surface area contributed by atoms with Crippen LogP contribution < -0.4 is 5.32 Å². The molecule has 12 nitrogen and oxygen atoms in total. The van der Waals surface area contributed by atoms with E-state index in [4.69, 9.17) is 19.3 Å². The van der Waals surface area contributed by atoms with Crippen molar-refractivity contribution in [1.82, 2.24) is 14.5 Å². The van der Waals surface area contributed by atoms with E-state index in [1.54, 1.807) is 12.3 Å². The summed E-state index contributed by atoms with van der Waals surface area (Å²) >= 11 is 0. The van der Waals surface area contributed by atoms with Crippen molar-refractivity contribution in [3.63, 3.8) is 0 Å². The number of fused-ring (bicyclic) bond motifs is 1. The summed E-state index contributed by atoms with van der Waals surface area (Å²) in [6.07, 6.45) is -1.60. The SMILES string of the molecule is C[C@@H](Nc1nc(C#N)nc2c1ccn2[C@@H]1O[C@H](COCP(=O)(O)O)[C@@H](O)[C@H]1O)c1ccc(C2CC2)cc1. The molecule has 1 saturated carbocycles. The van der Waals surface area contributed by atoms with E-state index in [2.05, 4.69) is 39.6 Å². The summed E-state index contributed by atoms with van der Waals surface area (Å²) in [7, 11) is -4.39. The van der Waals surface area contributed by atoms with E-state index < -0.39 is 38.5 Å². The molecule has 2 aromatic heterocycles. The Labute approximate surface area is 212 Å². The first-order valence-corrected chi connectivity index (χ1v) is 13.7. The molecule has 2 aliphatic rings. The van der Waals surface area contributed by atoms with Gasteiger partial charge in [0.15, 0.2) is 6.23 Å². The molecule has 1 aliphatic carbocycles. The second-order valence-electron chi connectivity index (χ2n) is 9.49. The number of nitriles is 1. The maximum absolute atomic E-state index is 11.0. The van der Waals surface area contributed by atoms with Crippen LogP contribution in [0.3, 0.4) is 0 Å². The first-order chi connectivity index (χ1) is 17.6. The Hall–Kier alpha value is -2.88. The summed E-state index contributed by atoms with van der Waals surface area (Å²) in [5.41, 5.74) is 2.72. The Morgan fingerprint density at radius 2 is 1.95 bits per heavy atom. The van der Waals surface area contributed by atoms with Crippen LogP contribution in [-0.4, -0.2) is 65.8 Å². The second kappa shape index (κ2) is 10.1. The Balaban J connectivity index is 1.38. The molecule has 1 saturated heterocycles. The fourth-order valence-electron chi connectivity index (χ4n) is 4.55. The summed E-state index contributed by atoms with van der Waals surface area (Å²) in [5, 5.41) is 34.6. The summed E-state index contributed by atoms with van der Waals surface area (Å²) in [6, 6.07) is 12.0. The average Bonchev–Trinajstić information content (AvgIpc) is 3.58.